The molecule has 1 N–H and O–H groups in total. The van der Waals surface area contributed by atoms with Gasteiger partial charge in [-0.05, 0) is 24.5 Å². The number of rotatable bonds is 8. The van der Waals surface area contributed by atoms with E-state index in [-0.39, 0.29) is 17.3 Å². The molecule has 160 valence electrons. The van der Waals surface area contributed by atoms with E-state index in [1.165, 1.54) is 18.0 Å². The number of aromatic nitrogens is 2. The first-order valence-electron chi connectivity index (χ1n) is 10.0. The zero-order valence-corrected chi connectivity index (χ0v) is 17.7. The van der Waals surface area contributed by atoms with E-state index in [1.54, 1.807) is 24.4 Å². The maximum atomic E-state index is 13.3. The van der Waals surface area contributed by atoms with Crippen molar-refractivity contribution in [3.63, 3.8) is 0 Å². The molecule has 0 aliphatic heterocycles. The van der Waals surface area contributed by atoms with Crippen LogP contribution >= 0.6 is 0 Å². The molecule has 0 bridgehead atoms. The molecule has 8 heteroatoms. The minimum absolute atomic E-state index is 0.137. The van der Waals surface area contributed by atoms with Gasteiger partial charge in [0, 0.05) is 24.5 Å². The monoisotopic (exact) mass is 413 g/mol. The predicted octanol–water partition coefficient (Wildman–Crippen LogP) is 4.61. The molecular weight excluding hydrogens is 386 g/mol. The first-order valence-corrected chi connectivity index (χ1v) is 10.0. The molecule has 1 amide bonds. The van der Waals surface area contributed by atoms with Gasteiger partial charge in [-0.25, -0.2) is 9.78 Å². The molecule has 2 aromatic heterocycles. The molecule has 0 saturated carbocycles. The van der Waals surface area contributed by atoms with E-state index in [4.69, 9.17) is 9.15 Å². The van der Waals surface area contributed by atoms with Gasteiger partial charge in [-0.3, -0.25) is 14.3 Å². The Balaban J connectivity index is 2.35. The third kappa shape index (κ3) is 4.17. The Morgan fingerprint density at radius 1 is 1.33 bits per heavy atom. The van der Waals surface area contributed by atoms with Crippen LogP contribution in [-0.2, 0) is 6.54 Å². The SMILES string of the molecule is CCCCOc1c(N(C)C(=O)O)n(CC(C)C)c(=O)c2ccc(-c3cnco3)cc12. The number of carbonyl (C=O) groups is 1. The maximum Gasteiger partial charge on any atom is 0.412 e. The lowest BCUT2D eigenvalue weighted by molar-refractivity contribution is 0.202. The van der Waals surface area contributed by atoms with Crippen LogP contribution in [0.25, 0.3) is 22.1 Å². The standard InChI is InChI=1S/C22H27N3O5/c1-5-6-9-29-19-17-10-15(18-11-23-13-30-18)7-8-16(17)21(26)25(12-14(2)3)20(19)24(4)22(27)28/h7-8,10-11,13-14H,5-6,9,12H2,1-4H3,(H,27,28). The molecule has 2 heterocycles. The topological polar surface area (TPSA) is 97.8 Å². The fourth-order valence-corrected chi connectivity index (χ4v) is 3.33. The van der Waals surface area contributed by atoms with Crippen molar-refractivity contribution >= 4 is 22.7 Å². The van der Waals surface area contributed by atoms with Gasteiger partial charge < -0.3 is 14.3 Å². The molecule has 0 saturated heterocycles. The van der Waals surface area contributed by atoms with Crippen LogP contribution in [0.2, 0.25) is 0 Å². The molecule has 0 spiro atoms. The van der Waals surface area contributed by atoms with Crippen LogP contribution in [0.15, 0.2) is 40.0 Å². The van der Waals surface area contributed by atoms with E-state index in [1.807, 2.05) is 20.8 Å². The molecule has 3 rings (SSSR count). The van der Waals surface area contributed by atoms with Gasteiger partial charge in [0.05, 0.1) is 18.2 Å². The molecule has 0 fully saturated rings. The molecule has 0 atom stereocenters. The van der Waals surface area contributed by atoms with Gasteiger partial charge in [-0.2, -0.15) is 0 Å². The van der Waals surface area contributed by atoms with E-state index in [2.05, 4.69) is 4.98 Å². The summed E-state index contributed by atoms with van der Waals surface area (Å²) in [5.41, 5.74) is 0.471. The van der Waals surface area contributed by atoms with Gasteiger partial charge in [0.15, 0.2) is 23.7 Å². The van der Waals surface area contributed by atoms with Crippen molar-refractivity contribution in [3.8, 4) is 17.1 Å². The number of carboxylic acid groups (broad SMARTS) is 1. The van der Waals surface area contributed by atoms with E-state index in [9.17, 15) is 14.7 Å². The lowest BCUT2D eigenvalue weighted by atomic mass is 10.1. The number of hydrogen-bond donors (Lipinski definition) is 1. The van der Waals surface area contributed by atoms with Gasteiger partial charge >= 0.3 is 6.09 Å². The highest BCUT2D eigenvalue weighted by Gasteiger charge is 2.25. The number of pyridine rings is 1. The Labute approximate surface area is 174 Å². The number of hydrogen-bond acceptors (Lipinski definition) is 5. The summed E-state index contributed by atoms with van der Waals surface area (Å²) in [6.45, 7) is 6.79. The van der Waals surface area contributed by atoms with Crippen LogP contribution < -0.4 is 15.2 Å². The third-order valence-corrected chi connectivity index (χ3v) is 4.81. The first kappa shape index (κ1) is 21.4. The molecule has 0 aliphatic rings. The number of anilines is 1. The largest absolute Gasteiger partial charge is 0.489 e. The zero-order chi connectivity index (χ0) is 21.8. The van der Waals surface area contributed by atoms with Crippen LogP contribution in [-0.4, -0.2) is 34.4 Å². The van der Waals surface area contributed by atoms with Crippen molar-refractivity contribution in [3.05, 3.63) is 41.1 Å². The Morgan fingerprint density at radius 3 is 2.70 bits per heavy atom. The average molecular weight is 413 g/mol. The van der Waals surface area contributed by atoms with Crippen molar-refractivity contribution in [1.82, 2.24) is 9.55 Å². The molecule has 30 heavy (non-hydrogen) atoms. The Kier molecular flexibility index (Phi) is 6.44. The van der Waals surface area contributed by atoms with E-state index in [0.29, 0.717) is 35.4 Å². The molecule has 3 aromatic rings. The third-order valence-electron chi connectivity index (χ3n) is 4.81. The van der Waals surface area contributed by atoms with Crippen LogP contribution in [0.3, 0.4) is 0 Å². The van der Waals surface area contributed by atoms with Gasteiger partial charge in [-0.1, -0.05) is 33.3 Å². The zero-order valence-electron chi connectivity index (χ0n) is 17.7. The summed E-state index contributed by atoms with van der Waals surface area (Å²) in [4.78, 5) is 30.2. The number of benzene rings is 1. The molecule has 1 aromatic carbocycles. The smallest absolute Gasteiger partial charge is 0.412 e. The Hall–Kier alpha value is -3.29. The van der Waals surface area contributed by atoms with Gasteiger partial charge in [-0.15, -0.1) is 0 Å². The predicted molar refractivity (Wildman–Crippen MR) is 115 cm³/mol. The van der Waals surface area contributed by atoms with Gasteiger partial charge in [0.25, 0.3) is 5.56 Å². The van der Waals surface area contributed by atoms with Crippen LogP contribution in [0.1, 0.15) is 33.6 Å². The minimum atomic E-state index is -1.17. The summed E-state index contributed by atoms with van der Waals surface area (Å²) in [6.07, 6.45) is 3.49. The first-order chi connectivity index (χ1) is 14.3. The fourth-order valence-electron chi connectivity index (χ4n) is 3.33. The highest BCUT2D eigenvalue weighted by molar-refractivity contribution is 5.98. The lowest BCUT2D eigenvalue weighted by Crippen LogP contribution is -2.34. The normalized spacial score (nSPS) is 11.2. The van der Waals surface area contributed by atoms with Crippen molar-refractivity contribution in [1.29, 1.82) is 0 Å². The molecule has 8 nitrogen and oxygen atoms in total. The van der Waals surface area contributed by atoms with Crippen LogP contribution in [0.4, 0.5) is 10.6 Å². The average Bonchev–Trinajstić information content (AvgIpc) is 3.25. The lowest BCUT2D eigenvalue weighted by Gasteiger charge is -2.25. The summed E-state index contributed by atoms with van der Waals surface area (Å²) in [5, 5.41) is 10.7. The summed E-state index contributed by atoms with van der Waals surface area (Å²) in [6, 6.07) is 5.31. The van der Waals surface area contributed by atoms with Gasteiger partial charge in [0.2, 0.25) is 0 Å². The summed E-state index contributed by atoms with van der Waals surface area (Å²) < 4.78 is 13.0. The Bertz CT molecular complexity index is 1090. The summed E-state index contributed by atoms with van der Waals surface area (Å²) in [7, 11) is 1.42. The van der Waals surface area contributed by atoms with E-state index >= 15 is 0 Å². The van der Waals surface area contributed by atoms with Crippen molar-refractivity contribution in [2.45, 2.75) is 40.2 Å². The molecule has 0 unspecified atom stereocenters. The number of ether oxygens (including phenoxy) is 1. The van der Waals surface area contributed by atoms with E-state index in [0.717, 1.165) is 23.3 Å². The summed E-state index contributed by atoms with van der Waals surface area (Å²) in [5.74, 6) is 1.30. The second kappa shape index (κ2) is 9.02. The Morgan fingerprint density at radius 2 is 2.10 bits per heavy atom. The van der Waals surface area contributed by atoms with Crippen LogP contribution in [0, 0.1) is 5.92 Å². The van der Waals surface area contributed by atoms with E-state index < -0.39 is 6.09 Å². The minimum Gasteiger partial charge on any atom is -0.489 e. The number of oxazole rings is 1. The number of unbranched alkanes of at least 4 members (excludes halogenated alkanes) is 1. The van der Waals surface area contributed by atoms with Crippen molar-refractivity contribution in [2.75, 3.05) is 18.6 Å². The number of nitrogens with zero attached hydrogens (tertiary/aromatic N) is 3. The van der Waals surface area contributed by atoms with Crippen LogP contribution in [0.5, 0.6) is 5.75 Å². The van der Waals surface area contributed by atoms with Gasteiger partial charge in [0.1, 0.15) is 0 Å². The van der Waals surface area contributed by atoms with Crippen molar-refractivity contribution < 1.29 is 19.1 Å². The fraction of sp³-hybridized carbons (Fsp3) is 0.409. The number of amides is 1. The highest BCUT2D eigenvalue weighted by atomic mass is 16.5. The quantitative estimate of drug-likeness (QED) is 0.542. The van der Waals surface area contributed by atoms with Crippen molar-refractivity contribution in [2.24, 2.45) is 5.92 Å². The second-order valence-electron chi connectivity index (χ2n) is 7.63. The molecule has 0 aliphatic carbocycles. The second-order valence-corrected chi connectivity index (χ2v) is 7.63. The highest BCUT2D eigenvalue weighted by Crippen LogP contribution is 2.37. The maximum absolute atomic E-state index is 13.3. The molecular formula is C22H27N3O5. The summed E-state index contributed by atoms with van der Waals surface area (Å²) >= 11 is 0. The number of fused-ring (bicyclic) bond motifs is 1. The molecule has 0 radical (unpaired) electrons.